The quantitative estimate of drug-likeness (QED) is 0.499. The zero-order valence-electron chi connectivity index (χ0n) is 13.3. The van der Waals surface area contributed by atoms with Crippen LogP contribution in [-0.2, 0) is 0 Å². The van der Waals surface area contributed by atoms with Crippen molar-refractivity contribution >= 4 is 46.6 Å². The molecule has 3 rings (SSSR count). The number of aromatic nitrogens is 2. The largest absolute Gasteiger partial charge is 0.340 e. The molecule has 0 saturated carbocycles. The van der Waals surface area contributed by atoms with E-state index in [2.05, 4.69) is 46.3 Å². The number of anilines is 2. The van der Waals surface area contributed by atoms with E-state index in [1.165, 1.54) is 4.90 Å². The van der Waals surface area contributed by atoms with Gasteiger partial charge >= 0.3 is 0 Å². The number of thioether (sulfide) groups is 1. The van der Waals surface area contributed by atoms with Crippen LogP contribution in [0, 0.1) is 12.3 Å². The molecule has 0 aliphatic heterocycles. The van der Waals surface area contributed by atoms with Gasteiger partial charge in [0, 0.05) is 21.5 Å². The molecular weight excluding hydrogens is 338 g/mol. The molecule has 0 amide bonds. The summed E-state index contributed by atoms with van der Waals surface area (Å²) in [5.74, 6) is 4.54. The van der Waals surface area contributed by atoms with Crippen LogP contribution in [0.3, 0.4) is 0 Å². The molecule has 2 aromatic carbocycles. The summed E-state index contributed by atoms with van der Waals surface area (Å²) in [5.41, 5.74) is 2.70. The van der Waals surface area contributed by atoms with Gasteiger partial charge in [-0.2, -0.15) is 0 Å². The van der Waals surface area contributed by atoms with Crippen LogP contribution in [-0.4, -0.2) is 15.7 Å². The highest BCUT2D eigenvalue weighted by molar-refractivity contribution is 7.99. The van der Waals surface area contributed by atoms with Crippen molar-refractivity contribution in [1.29, 1.82) is 0 Å². The highest BCUT2D eigenvalue weighted by Crippen LogP contribution is 2.27. The van der Waals surface area contributed by atoms with E-state index in [0.29, 0.717) is 0 Å². The first-order valence-electron chi connectivity index (χ1n) is 7.51. The van der Waals surface area contributed by atoms with Crippen LogP contribution >= 0.6 is 24.2 Å². The molecule has 24 heavy (non-hydrogen) atoms. The fourth-order valence-electron chi connectivity index (χ4n) is 2.27. The molecule has 3 aromatic rings. The van der Waals surface area contributed by atoms with Gasteiger partial charge in [-0.05, 0) is 48.6 Å². The predicted octanol–water partition coefficient (Wildman–Crippen LogP) is 5.28. The average Bonchev–Trinajstić information content (AvgIpc) is 2.60. The summed E-state index contributed by atoms with van der Waals surface area (Å²) in [6.45, 7) is 2.18. The molecular formula is C19H18ClN3S. The molecule has 0 radical (unpaired) electrons. The lowest BCUT2D eigenvalue weighted by molar-refractivity contribution is 1.10. The van der Waals surface area contributed by atoms with Crippen molar-refractivity contribution in [2.24, 2.45) is 0 Å². The summed E-state index contributed by atoms with van der Waals surface area (Å²) in [4.78, 5) is 9.99. The smallest absolute Gasteiger partial charge is 0.141 e. The fourth-order valence-corrected chi connectivity index (χ4v) is 3.07. The number of benzene rings is 2. The maximum atomic E-state index is 5.45. The summed E-state index contributed by atoms with van der Waals surface area (Å²) < 4.78 is 0. The van der Waals surface area contributed by atoms with Crippen LogP contribution < -0.4 is 5.32 Å². The Bertz CT molecular complexity index is 874. The summed E-state index contributed by atoms with van der Waals surface area (Å²) in [5, 5.41) is 4.33. The van der Waals surface area contributed by atoms with Crippen LogP contribution in [0.25, 0.3) is 10.9 Å². The van der Waals surface area contributed by atoms with Crippen molar-refractivity contribution in [1.82, 2.24) is 9.97 Å². The normalized spacial score (nSPS) is 10.0. The van der Waals surface area contributed by atoms with Crippen LogP contribution in [0.5, 0.6) is 0 Å². The number of hydrogen-bond acceptors (Lipinski definition) is 4. The molecule has 0 aliphatic carbocycles. The molecule has 1 aromatic heterocycles. The third kappa shape index (κ3) is 4.19. The Morgan fingerprint density at radius 2 is 2.04 bits per heavy atom. The Hall–Kier alpha value is -2.22. The average molecular weight is 356 g/mol. The van der Waals surface area contributed by atoms with E-state index in [1.807, 2.05) is 36.0 Å². The highest BCUT2D eigenvalue weighted by Gasteiger charge is 2.06. The van der Waals surface area contributed by atoms with Crippen molar-refractivity contribution in [3.8, 4) is 12.3 Å². The first kappa shape index (κ1) is 18.1. The van der Waals surface area contributed by atoms with Crippen molar-refractivity contribution in [3.05, 3.63) is 54.4 Å². The molecule has 0 aliphatic rings. The number of nitrogens with one attached hydrogen (secondary N) is 1. The van der Waals surface area contributed by atoms with Crippen molar-refractivity contribution in [2.45, 2.75) is 18.2 Å². The van der Waals surface area contributed by atoms with E-state index in [4.69, 9.17) is 6.42 Å². The topological polar surface area (TPSA) is 37.8 Å². The maximum Gasteiger partial charge on any atom is 0.141 e. The van der Waals surface area contributed by atoms with Gasteiger partial charge in [0.15, 0.2) is 0 Å². The number of hydrogen-bond donors (Lipinski definition) is 1. The van der Waals surface area contributed by atoms with Crippen LogP contribution in [0.1, 0.15) is 18.9 Å². The van der Waals surface area contributed by atoms with E-state index in [-0.39, 0.29) is 12.4 Å². The number of nitrogens with zero attached hydrogens (tertiary/aromatic N) is 2. The van der Waals surface area contributed by atoms with Gasteiger partial charge in [0.1, 0.15) is 12.1 Å². The van der Waals surface area contributed by atoms with Crippen molar-refractivity contribution < 1.29 is 0 Å². The van der Waals surface area contributed by atoms with Gasteiger partial charge in [0.2, 0.25) is 0 Å². The zero-order valence-corrected chi connectivity index (χ0v) is 15.0. The lowest BCUT2D eigenvalue weighted by Crippen LogP contribution is -1.96. The summed E-state index contributed by atoms with van der Waals surface area (Å²) >= 11 is 1.85. The zero-order chi connectivity index (χ0) is 16.1. The first-order valence-corrected chi connectivity index (χ1v) is 8.50. The van der Waals surface area contributed by atoms with E-state index < -0.39 is 0 Å². The maximum absolute atomic E-state index is 5.45. The van der Waals surface area contributed by atoms with Crippen molar-refractivity contribution in [3.63, 3.8) is 0 Å². The molecule has 0 saturated heterocycles. The van der Waals surface area contributed by atoms with Crippen LogP contribution in [0.15, 0.2) is 53.7 Å². The van der Waals surface area contributed by atoms with E-state index in [1.54, 1.807) is 6.33 Å². The second kappa shape index (κ2) is 8.58. The number of terminal acetylenes is 1. The lowest BCUT2D eigenvalue weighted by atomic mass is 10.2. The molecule has 1 heterocycles. The highest BCUT2D eigenvalue weighted by atomic mass is 35.5. The van der Waals surface area contributed by atoms with Crippen LogP contribution in [0.2, 0.25) is 0 Å². The molecule has 0 bridgehead atoms. The molecule has 3 nitrogen and oxygen atoms in total. The van der Waals surface area contributed by atoms with Gasteiger partial charge < -0.3 is 5.32 Å². The second-order valence-corrected chi connectivity index (χ2v) is 6.27. The Morgan fingerprint density at radius 1 is 1.17 bits per heavy atom. The van der Waals surface area contributed by atoms with Crippen molar-refractivity contribution in [2.75, 3.05) is 11.1 Å². The van der Waals surface area contributed by atoms with Gasteiger partial charge in [-0.25, -0.2) is 9.97 Å². The number of halogens is 1. The molecule has 5 heteroatoms. The summed E-state index contributed by atoms with van der Waals surface area (Å²) in [6.07, 6.45) is 8.20. The van der Waals surface area contributed by atoms with Gasteiger partial charge in [-0.1, -0.05) is 18.9 Å². The summed E-state index contributed by atoms with van der Waals surface area (Å²) in [6, 6.07) is 14.0. The van der Waals surface area contributed by atoms with Gasteiger partial charge in [0.25, 0.3) is 0 Å². The summed E-state index contributed by atoms with van der Waals surface area (Å²) in [7, 11) is 0. The fraction of sp³-hybridized carbons (Fsp3) is 0.158. The minimum atomic E-state index is 0. The monoisotopic (exact) mass is 355 g/mol. The third-order valence-corrected chi connectivity index (χ3v) is 4.57. The number of fused-ring (bicyclic) bond motifs is 1. The molecule has 122 valence electrons. The Balaban J connectivity index is 0.00000208. The molecule has 0 fully saturated rings. The predicted molar refractivity (Wildman–Crippen MR) is 105 cm³/mol. The molecule has 0 unspecified atom stereocenters. The molecule has 0 atom stereocenters. The molecule has 0 spiro atoms. The van der Waals surface area contributed by atoms with E-state index in [0.717, 1.165) is 40.1 Å². The van der Waals surface area contributed by atoms with Crippen LogP contribution in [0.4, 0.5) is 11.5 Å². The van der Waals surface area contributed by atoms with E-state index in [9.17, 15) is 0 Å². The molecule has 1 N–H and O–H groups in total. The van der Waals surface area contributed by atoms with Gasteiger partial charge in [-0.3, -0.25) is 0 Å². The van der Waals surface area contributed by atoms with Gasteiger partial charge in [-0.15, -0.1) is 30.6 Å². The second-order valence-electron chi connectivity index (χ2n) is 5.10. The Morgan fingerprint density at radius 3 is 2.83 bits per heavy atom. The lowest BCUT2D eigenvalue weighted by Gasteiger charge is -2.09. The van der Waals surface area contributed by atoms with Gasteiger partial charge in [0.05, 0.1) is 5.52 Å². The Kier molecular flexibility index (Phi) is 6.48. The minimum absolute atomic E-state index is 0. The standard InChI is InChI=1S/C19H17N3S.ClH/c1-3-10-23-16-8-9-17-18(12-16)20-13-21-19(17)22-15-7-5-6-14(4-2)11-15;/h2,5-9,11-13H,3,10H2,1H3,(H,20,21,22);1H. The first-order chi connectivity index (χ1) is 11.3. The van der Waals surface area contributed by atoms with E-state index >= 15 is 0 Å². The minimum Gasteiger partial charge on any atom is -0.340 e. The Labute approximate surface area is 152 Å². The number of rotatable bonds is 5. The SMILES string of the molecule is C#Cc1cccc(Nc2ncnc3cc(SCCC)ccc23)c1.Cl. The third-order valence-electron chi connectivity index (χ3n) is 3.37.